The molecule has 8 heteroatoms. The van der Waals surface area contributed by atoms with Crippen LogP contribution in [0.3, 0.4) is 0 Å². The summed E-state index contributed by atoms with van der Waals surface area (Å²) in [5, 5.41) is 2.95. The average molecular weight is 542 g/mol. The Morgan fingerprint density at radius 3 is 2.41 bits per heavy atom. The zero-order chi connectivity index (χ0) is 27.4. The van der Waals surface area contributed by atoms with Crippen molar-refractivity contribution >= 4 is 34.0 Å². The van der Waals surface area contributed by atoms with Crippen molar-refractivity contribution in [3.05, 3.63) is 120 Å². The smallest absolute Gasteiger partial charge is 0.259 e. The number of amides is 2. The Labute approximate surface area is 229 Å². The number of benzene rings is 4. The van der Waals surface area contributed by atoms with Crippen LogP contribution in [0.15, 0.2) is 107 Å². The van der Waals surface area contributed by atoms with E-state index in [9.17, 15) is 18.2 Å². The summed E-state index contributed by atoms with van der Waals surface area (Å²) in [4.78, 5) is 31.3. The molecule has 6 nitrogen and oxygen atoms in total. The van der Waals surface area contributed by atoms with Crippen molar-refractivity contribution in [2.75, 3.05) is 29.9 Å². The van der Waals surface area contributed by atoms with Crippen molar-refractivity contribution < 1.29 is 18.2 Å². The number of carbonyl (C=O) groups excluding carboxylic acids is 2. The lowest BCUT2D eigenvalue weighted by Crippen LogP contribution is -2.31. The van der Waals surface area contributed by atoms with E-state index in [1.165, 1.54) is 17.0 Å². The van der Waals surface area contributed by atoms with E-state index in [-0.39, 0.29) is 24.2 Å². The van der Waals surface area contributed by atoms with E-state index in [0.717, 1.165) is 18.7 Å². The third-order valence-corrected chi connectivity index (χ3v) is 8.18. The molecule has 0 bridgehead atoms. The van der Waals surface area contributed by atoms with E-state index in [0.29, 0.717) is 38.7 Å². The summed E-state index contributed by atoms with van der Waals surface area (Å²) < 4.78 is 27.1. The van der Waals surface area contributed by atoms with Gasteiger partial charge in [-0.15, -0.1) is 0 Å². The normalized spacial score (nSPS) is 14.3. The standard InChI is InChI=1S/C31H28FN3O3S/c1-34(25-8-3-2-4-9-25)19-7-18-33-30(36)23-14-17-29-27(20-23)35(21-22-12-15-24(32)16-13-22)31(37)26-10-5-6-11-28(26)39(29)38/h2-6,8-17,20H,7,18-19,21H2,1H3,(H,33,36). The molecule has 2 amide bonds. The fraction of sp³-hybridized carbons (Fsp3) is 0.161. The highest BCUT2D eigenvalue weighted by molar-refractivity contribution is 7.85. The minimum Gasteiger partial charge on any atom is -0.375 e. The Kier molecular flexibility index (Phi) is 7.84. The minimum atomic E-state index is -1.62. The van der Waals surface area contributed by atoms with Crippen molar-refractivity contribution in [3.8, 4) is 0 Å². The molecule has 0 radical (unpaired) electrons. The second-order valence-electron chi connectivity index (χ2n) is 9.33. The predicted octanol–water partition coefficient (Wildman–Crippen LogP) is 5.41. The van der Waals surface area contributed by atoms with Crippen LogP contribution in [0.1, 0.15) is 32.7 Å². The van der Waals surface area contributed by atoms with Gasteiger partial charge in [-0.25, -0.2) is 8.60 Å². The SMILES string of the molecule is CN(CCCNC(=O)c1ccc2c(c1)N(Cc1ccc(F)cc1)C(=O)c1ccccc1S2=O)c1ccccc1. The first-order valence-electron chi connectivity index (χ1n) is 12.7. The zero-order valence-electron chi connectivity index (χ0n) is 21.5. The summed E-state index contributed by atoms with van der Waals surface area (Å²) in [6.45, 7) is 1.38. The van der Waals surface area contributed by atoms with Gasteiger partial charge >= 0.3 is 0 Å². The number of fused-ring (bicyclic) bond motifs is 2. The molecule has 0 aliphatic carbocycles. The van der Waals surface area contributed by atoms with Crippen LogP contribution >= 0.6 is 0 Å². The monoisotopic (exact) mass is 541 g/mol. The Morgan fingerprint density at radius 1 is 0.923 bits per heavy atom. The van der Waals surface area contributed by atoms with Crippen LogP contribution in [-0.4, -0.2) is 36.2 Å². The van der Waals surface area contributed by atoms with Crippen molar-refractivity contribution in [3.63, 3.8) is 0 Å². The lowest BCUT2D eigenvalue weighted by Gasteiger charge is -2.24. The van der Waals surface area contributed by atoms with Crippen LogP contribution < -0.4 is 15.1 Å². The number of anilines is 2. The van der Waals surface area contributed by atoms with E-state index in [4.69, 9.17) is 0 Å². The van der Waals surface area contributed by atoms with Crippen molar-refractivity contribution in [2.45, 2.75) is 22.8 Å². The van der Waals surface area contributed by atoms with Crippen LogP contribution in [0, 0.1) is 5.82 Å². The highest BCUT2D eigenvalue weighted by Crippen LogP contribution is 2.36. The molecule has 0 saturated heterocycles. The zero-order valence-corrected chi connectivity index (χ0v) is 22.3. The van der Waals surface area contributed by atoms with Gasteiger partial charge in [-0.2, -0.15) is 0 Å². The van der Waals surface area contributed by atoms with Gasteiger partial charge in [0, 0.05) is 31.4 Å². The number of hydrogen-bond donors (Lipinski definition) is 1. The van der Waals surface area contributed by atoms with Crippen molar-refractivity contribution in [1.29, 1.82) is 0 Å². The molecule has 1 aliphatic heterocycles. The molecule has 1 unspecified atom stereocenters. The average Bonchev–Trinajstić information content (AvgIpc) is 3.06. The van der Waals surface area contributed by atoms with Gasteiger partial charge in [0.25, 0.3) is 11.8 Å². The minimum absolute atomic E-state index is 0.133. The number of carbonyl (C=O) groups is 2. The molecule has 1 heterocycles. The molecule has 0 saturated carbocycles. The summed E-state index contributed by atoms with van der Waals surface area (Å²) in [6, 6.07) is 27.6. The summed E-state index contributed by atoms with van der Waals surface area (Å²) in [5.74, 6) is -0.980. The molecule has 39 heavy (non-hydrogen) atoms. The van der Waals surface area contributed by atoms with Crippen LogP contribution in [0.2, 0.25) is 0 Å². The second-order valence-corrected chi connectivity index (χ2v) is 10.7. The van der Waals surface area contributed by atoms with Gasteiger partial charge in [-0.3, -0.25) is 9.59 Å². The fourth-order valence-electron chi connectivity index (χ4n) is 4.57. The Balaban J connectivity index is 1.38. The lowest BCUT2D eigenvalue weighted by atomic mass is 10.1. The highest BCUT2D eigenvalue weighted by atomic mass is 32.2. The Morgan fingerprint density at radius 2 is 1.64 bits per heavy atom. The molecule has 4 aromatic carbocycles. The molecule has 4 aromatic rings. The van der Waals surface area contributed by atoms with Crippen LogP contribution in [0.4, 0.5) is 15.8 Å². The van der Waals surface area contributed by atoms with E-state index in [2.05, 4.69) is 10.2 Å². The van der Waals surface area contributed by atoms with E-state index < -0.39 is 10.8 Å². The third kappa shape index (κ3) is 5.76. The molecule has 1 N–H and O–H groups in total. The van der Waals surface area contributed by atoms with Crippen LogP contribution in [-0.2, 0) is 17.3 Å². The summed E-state index contributed by atoms with van der Waals surface area (Å²) in [6.07, 6.45) is 0.747. The van der Waals surface area contributed by atoms with Crippen LogP contribution in [0.5, 0.6) is 0 Å². The first kappa shape index (κ1) is 26.3. The van der Waals surface area contributed by atoms with Gasteiger partial charge < -0.3 is 15.1 Å². The molecular weight excluding hydrogens is 513 g/mol. The molecular formula is C31H28FN3O3S. The van der Waals surface area contributed by atoms with Gasteiger partial charge in [-0.05, 0) is 66.6 Å². The Bertz CT molecular complexity index is 1530. The van der Waals surface area contributed by atoms with E-state index in [1.807, 2.05) is 37.4 Å². The topological polar surface area (TPSA) is 69.7 Å². The molecule has 1 atom stereocenters. The molecule has 1 aliphatic rings. The van der Waals surface area contributed by atoms with Crippen LogP contribution in [0.25, 0.3) is 0 Å². The maximum Gasteiger partial charge on any atom is 0.259 e. The number of halogens is 1. The van der Waals surface area contributed by atoms with Gasteiger partial charge in [-0.1, -0.05) is 42.5 Å². The fourth-order valence-corrected chi connectivity index (χ4v) is 5.91. The van der Waals surface area contributed by atoms with Crippen molar-refractivity contribution in [2.24, 2.45) is 0 Å². The summed E-state index contributed by atoms with van der Waals surface area (Å²) in [5.41, 5.74) is 2.91. The molecule has 0 fully saturated rings. The first-order chi connectivity index (χ1) is 18.9. The van der Waals surface area contributed by atoms with Crippen molar-refractivity contribution in [1.82, 2.24) is 5.32 Å². The van der Waals surface area contributed by atoms with Gasteiger partial charge in [0.2, 0.25) is 0 Å². The maximum atomic E-state index is 13.7. The van der Waals surface area contributed by atoms with Gasteiger partial charge in [0.15, 0.2) is 0 Å². The predicted molar refractivity (Wildman–Crippen MR) is 151 cm³/mol. The van der Waals surface area contributed by atoms with Gasteiger partial charge in [0.05, 0.1) is 38.4 Å². The number of nitrogens with one attached hydrogen (secondary N) is 1. The summed E-state index contributed by atoms with van der Waals surface area (Å²) >= 11 is 0. The third-order valence-electron chi connectivity index (χ3n) is 6.68. The van der Waals surface area contributed by atoms with Gasteiger partial charge in [0.1, 0.15) is 5.82 Å². The maximum absolute atomic E-state index is 13.7. The highest BCUT2D eigenvalue weighted by Gasteiger charge is 2.31. The summed E-state index contributed by atoms with van der Waals surface area (Å²) in [7, 11) is 0.386. The lowest BCUT2D eigenvalue weighted by molar-refractivity contribution is 0.0949. The quantitative estimate of drug-likeness (QED) is 0.303. The number of nitrogens with zero attached hydrogens (tertiary/aromatic N) is 2. The molecule has 5 rings (SSSR count). The molecule has 0 aromatic heterocycles. The second kappa shape index (κ2) is 11.6. The first-order valence-corrected chi connectivity index (χ1v) is 13.8. The Hall–Kier alpha value is -4.30. The molecule has 198 valence electrons. The van der Waals surface area contributed by atoms with E-state index in [1.54, 1.807) is 54.6 Å². The number of para-hydroxylation sites is 1. The molecule has 0 spiro atoms. The number of rotatable bonds is 8. The van der Waals surface area contributed by atoms with E-state index >= 15 is 0 Å². The number of hydrogen-bond acceptors (Lipinski definition) is 4. The largest absolute Gasteiger partial charge is 0.375 e.